The minimum absolute atomic E-state index is 0.0837. The maximum Gasteiger partial charge on any atom is 0.337 e. The molecule has 0 unspecified atom stereocenters. The van der Waals surface area contributed by atoms with E-state index in [0.717, 1.165) is 33.4 Å². The van der Waals surface area contributed by atoms with Crippen molar-refractivity contribution >= 4 is 27.7 Å². The van der Waals surface area contributed by atoms with E-state index in [1.807, 2.05) is 61.5 Å². The Morgan fingerprint density at radius 1 is 1.10 bits per heavy atom. The topological polar surface area (TPSA) is 55.4 Å². The number of rotatable bonds is 4. The number of allylic oxidation sites excluding steroid dienone is 3. The van der Waals surface area contributed by atoms with Gasteiger partial charge in [-0.15, -0.1) is 0 Å². The molecule has 1 N–H and O–H groups in total. The number of Topliss-reactive ketones (excluding diaryl/α,β-unsaturated/α-hetero) is 1. The van der Waals surface area contributed by atoms with E-state index in [0.29, 0.717) is 17.6 Å². The maximum atomic E-state index is 13.3. The smallest absolute Gasteiger partial charge is 0.337 e. The second-order valence-corrected chi connectivity index (χ2v) is 9.87. The molecule has 0 spiro atoms. The van der Waals surface area contributed by atoms with Crippen LogP contribution in [0.4, 0.5) is 0 Å². The van der Waals surface area contributed by atoms with Gasteiger partial charge in [-0.2, -0.15) is 0 Å². The van der Waals surface area contributed by atoms with E-state index in [1.54, 1.807) is 0 Å². The van der Waals surface area contributed by atoms with E-state index in [1.165, 1.54) is 0 Å². The van der Waals surface area contributed by atoms with Crippen LogP contribution in [-0.4, -0.2) is 11.8 Å². The predicted molar refractivity (Wildman–Crippen MR) is 124 cm³/mol. The van der Waals surface area contributed by atoms with Crippen molar-refractivity contribution in [1.82, 2.24) is 5.32 Å². The second kappa shape index (κ2) is 8.46. The van der Waals surface area contributed by atoms with Gasteiger partial charge in [0.05, 0.1) is 5.57 Å². The lowest BCUT2D eigenvalue weighted by molar-refractivity contribution is -0.140. The average Bonchev–Trinajstić information content (AvgIpc) is 2.71. The monoisotopic (exact) mass is 479 g/mol. The zero-order valence-electron chi connectivity index (χ0n) is 18.0. The van der Waals surface area contributed by atoms with Crippen LogP contribution in [0.3, 0.4) is 0 Å². The summed E-state index contributed by atoms with van der Waals surface area (Å²) in [5.41, 5.74) is 4.54. The third-order valence-corrected chi connectivity index (χ3v) is 6.61. The molecule has 0 radical (unpaired) electrons. The molecule has 4 nitrogen and oxygen atoms in total. The van der Waals surface area contributed by atoms with Gasteiger partial charge in [0.2, 0.25) is 0 Å². The van der Waals surface area contributed by atoms with E-state index in [4.69, 9.17) is 4.74 Å². The van der Waals surface area contributed by atoms with E-state index in [9.17, 15) is 9.59 Å². The number of nitrogens with one attached hydrogen (secondary N) is 1. The summed E-state index contributed by atoms with van der Waals surface area (Å²) >= 11 is 3.63. The van der Waals surface area contributed by atoms with Crippen LogP contribution in [0.2, 0.25) is 0 Å². The van der Waals surface area contributed by atoms with Gasteiger partial charge in [-0.25, -0.2) is 4.79 Å². The maximum absolute atomic E-state index is 13.3. The molecule has 31 heavy (non-hydrogen) atoms. The number of carbonyl (C=O) groups is 2. The van der Waals surface area contributed by atoms with Crippen LogP contribution in [0, 0.1) is 5.41 Å². The largest absolute Gasteiger partial charge is 0.457 e. The first kappa shape index (κ1) is 21.6. The molecule has 0 bridgehead atoms. The molecule has 1 heterocycles. The number of esters is 1. The summed E-state index contributed by atoms with van der Waals surface area (Å²) in [5, 5.41) is 3.37. The minimum Gasteiger partial charge on any atom is -0.457 e. The summed E-state index contributed by atoms with van der Waals surface area (Å²) in [7, 11) is 0. The molecule has 160 valence electrons. The number of hydrogen-bond acceptors (Lipinski definition) is 4. The Hall–Kier alpha value is -2.66. The molecular formula is C26H26BrNO3. The summed E-state index contributed by atoms with van der Waals surface area (Å²) in [6.45, 7) is 6.28. The Kier molecular flexibility index (Phi) is 5.89. The van der Waals surface area contributed by atoms with Gasteiger partial charge in [-0.3, -0.25) is 4.79 Å². The van der Waals surface area contributed by atoms with Gasteiger partial charge in [-0.1, -0.05) is 78.3 Å². The van der Waals surface area contributed by atoms with Crippen LogP contribution in [-0.2, 0) is 20.9 Å². The lowest BCUT2D eigenvalue weighted by atomic mass is 9.68. The number of dihydropyridines is 1. The number of halogens is 1. The summed E-state index contributed by atoms with van der Waals surface area (Å²) in [6.07, 6.45) is 1.22. The van der Waals surface area contributed by atoms with Gasteiger partial charge in [0, 0.05) is 33.8 Å². The Morgan fingerprint density at radius 2 is 1.77 bits per heavy atom. The van der Waals surface area contributed by atoms with E-state index in [-0.39, 0.29) is 17.8 Å². The third kappa shape index (κ3) is 4.38. The zero-order chi connectivity index (χ0) is 22.2. The van der Waals surface area contributed by atoms with E-state index >= 15 is 0 Å². The van der Waals surface area contributed by atoms with Crippen molar-refractivity contribution in [2.45, 2.75) is 46.1 Å². The SMILES string of the molecule is CC1=C(C(=O)OCc2ccccc2)[C@@H](c2ccccc2Br)C2=C(CC(C)(C)CC2=O)N1. The normalized spacial score (nSPS) is 20.3. The van der Waals surface area contributed by atoms with Gasteiger partial charge in [-0.05, 0) is 36.0 Å². The standard InChI is InChI=1S/C26H26BrNO3/c1-16-22(25(30)31-15-17-9-5-4-6-10-17)23(18-11-7-8-12-19(18)27)24-20(28-16)13-26(2,3)14-21(24)29/h4-12,23,28H,13-15H2,1-3H3/t23-/m1/s1. The fourth-order valence-electron chi connectivity index (χ4n) is 4.53. The molecule has 1 aliphatic carbocycles. The fraction of sp³-hybridized carbons (Fsp3) is 0.308. The Morgan fingerprint density at radius 3 is 2.48 bits per heavy atom. The zero-order valence-corrected chi connectivity index (χ0v) is 19.6. The molecule has 0 saturated heterocycles. The molecule has 1 aliphatic heterocycles. The summed E-state index contributed by atoms with van der Waals surface area (Å²) in [5.74, 6) is -0.780. The van der Waals surface area contributed by atoms with Gasteiger partial charge in [0.15, 0.2) is 5.78 Å². The first-order valence-corrected chi connectivity index (χ1v) is 11.3. The van der Waals surface area contributed by atoms with Crippen molar-refractivity contribution in [3.63, 3.8) is 0 Å². The van der Waals surface area contributed by atoms with Crippen LogP contribution < -0.4 is 5.32 Å². The molecule has 2 aliphatic rings. The van der Waals surface area contributed by atoms with E-state index < -0.39 is 11.9 Å². The Labute approximate surface area is 191 Å². The average molecular weight is 480 g/mol. The minimum atomic E-state index is -0.460. The lowest BCUT2D eigenvalue weighted by Crippen LogP contribution is -2.38. The highest BCUT2D eigenvalue weighted by Crippen LogP contribution is 2.48. The molecular weight excluding hydrogens is 454 g/mol. The molecule has 1 atom stereocenters. The quantitative estimate of drug-likeness (QED) is 0.563. The summed E-state index contributed by atoms with van der Waals surface area (Å²) in [4.78, 5) is 26.6. The summed E-state index contributed by atoms with van der Waals surface area (Å²) < 4.78 is 6.57. The van der Waals surface area contributed by atoms with Gasteiger partial charge in [0.25, 0.3) is 0 Å². The van der Waals surface area contributed by atoms with Crippen LogP contribution in [0.5, 0.6) is 0 Å². The van der Waals surface area contributed by atoms with Crippen LogP contribution in [0.1, 0.15) is 50.7 Å². The lowest BCUT2D eigenvalue weighted by Gasteiger charge is -2.39. The molecule has 2 aromatic carbocycles. The fourth-order valence-corrected chi connectivity index (χ4v) is 5.04. The molecule has 4 rings (SSSR count). The number of hydrogen-bond donors (Lipinski definition) is 1. The number of carbonyl (C=O) groups excluding carboxylic acids is 2. The van der Waals surface area contributed by atoms with Gasteiger partial charge in [0.1, 0.15) is 6.61 Å². The van der Waals surface area contributed by atoms with E-state index in [2.05, 4.69) is 35.1 Å². The molecule has 0 saturated carbocycles. The summed E-state index contributed by atoms with van der Waals surface area (Å²) in [6, 6.07) is 17.4. The van der Waals surface area contributed by atoms with Crippen molar-refractivity contribution in [1.29, 1.82) is 0 Å². The molecule has 0 fully saturated rings. The van der Waals surface area contributed by atoms with Gasteiger partial charge >= 0.3 is 5.97 Å². The van der Waals surface area contributed by atoms with Crippen LogP contribution in [0.25, 0.3) is 0 Å². The first-order valence-electron chi connectivity index (χ1n) is 10.5. The number of ketones is 1. The highest BCUT2D eigenvalue weighted by molar-refractivity contribution is 9.10. The molecule has 5 heteroatoms. The van der Waals surface area contributed by atoms with Crippen molar-refractivity contribution in [2.75, 3.05) is 0 Å². The molecule has 0 amide bonds. The highest BCUT2D eigenvalue weighted by atomic mass is 79.9. The number of benzene rings is 2. The molecule has 2 aromatic rings. The van der Waals surface area contributed by atoms with Crippen molar-refractivity contribution in [2.24, 2.45) is 5.41 Å². The van der Waals surface area contributed by atoms with Crippen LogP contribution in [0.15, 0.2) is 81.6 Å². The molecule has 0 aromatic heterocycles. The first-order chi connectivity index (χ1) is 14.8. The van der Waals surface area contributed by atoms with Crippen LogP contribution >= 0.6 is 15.9 Å². The van der Waals surface area contributed by atoms with Crippen molar-refractivity contribution in [3.05, 3.63) is 92.7 Å². The number of ether oxygens (including phenoxy) is 1. The second-order valence-electron chi connectivity index (χ2n) is 9.01. The highest BCUT2D eigenvalue weighted by Gasteiger charge is 2.43. The Balaban J connectivity index is 1.75. The Bertz CT molecular complexity index is 1100. The third-order valence-electron chi connectivity index (χ3n) is 5.89. The van der Waals surface area contributed by atoms with Crippen molar-refractivity contribution < 1.29 is 14.3 Å². The van der Waals surface area contributed by atoms with Gasteiger partial charge < -0.3 is 10.1 Å². The predicted octanol–water partition coefficient (Wildman–Crippen LogP) is 5.80. The van der Waals surface area contributed by atoms with Crippen molar-refractivity contribution in [3.8, 4) is 0 Å².